The third kappa shape index (κ3) is 2.93. The lowest BCUT2D eigenvalue weighted by molar-refractivity contribution is -0.116. The maximum atomic E-state index is 12.6. The number of nitrogens with one attached hydrogen (secondary N) is 1. The van der Waals surface area contributed by atoms with Crippen molar-refractivity contribution in [3.8, 4) is 0 Å². The molecule has 0 aliphatic carbocycles. The lowest BCUT2D eigenvalue weighted by Gasteiger charge is -2.37. The van der Waals surface area contributed by atoms with Crippen molar-refractivity contribution >= 4 is 17.5 Å². The van der Waals surface area contributed by atoms with Gasteiger partial charge in [-0.15, -0.1) is 0 Å². The topological polar surface area (TPSA) is 69.6 Å². The van der Waals surface area contributed by atoms with Crippen LogP contribution in [0.25, 0.3) is 0 Å². The van der Waals surface area contributed by atoms with Crippen LogP contribution in [0.3, 0.4) is 0 Å². The van der Waals surface area contributed by atoms with Crippen LogP contribution in [-0.4, -0.2) is 40.5 Å². The van der Waals surface area contributed by atoms with Gasteiger partial charge >= 0.3 is 0 Å². The minimum atomic E-state index is -0.796. The zero-order chi connectivity index (χ0) is 15.0. The van der Waals surface area contributed by atoms with Crippen molar-refractivity contribution in [1.82, 2.24) is 4.90 Å². The van der Waals surface area contributed by atoms with Gasteiger partial charge in [-0.2, -0.15) is 0 Å². The Labute approximate surface area is 123 Å². The molecule has 21 heavy (non-hydrogen) atoms. The first-order valence-electron chi connectivity index (χ1n) is 7.39. The van der Waals surface area contributed by atoms with Gasteiger partial charge in [0.05, 0.1) is 5.60 Å². The number of hydrogen-bond donors (Lipinski definition) is 2. The molecule has 2 aliphatic heterocycles. The van der Waals surface area contributed by atoms with Crippen molar-refractivity contribution in [2.45, 2.75) is 38.2 Å². The summed E-state index contributed by atoms with van der Waals surface area (Å²) in [6.45, 7) is 2.83. The van der Waals surface area contributed by atoms with Crippen molar-refractivity contribution < 1.29 is 14.7 Å². The molecule has 1 aromatic rings. The first kappa shape index (κ1) is 14.1. The van der Waals surface area contributed by atoms with E-state index >= 15 is 0 Å². The summed E-state index contributed by atoms with van der Waals surface area (Å²) in [5.41, 5.74) is 1.64. The number of fused-ring (bicyclic) bond motifs is 1. The van der Waals surface area contributed by atoms with E-state index in [1.54, 1.807) is 24.0 Å². The van der Waals surface area contributed by atoms with E-state index in [4.69, 9.17) is 0 Å². The summed E-state index contributed by atoms with van der Waals surface area (Å²) in [5, 5.41) is 12.9. The normalized spacial score (nSPS) is 25.2. The van der Waals surface area contributed by atoms with Crippen LogP contribution < -0.4 is 5.32 Å². The summed E-state index contributed by atoms with van der Waals surface area (Å²) in [7, 11) is 0. The van der Waals surface area contributed by atoms with Gasteiger partial charge in [-0.1, -0.05) is 0 Å². The largest absolute Gasteiger partial charge is 0.388 e. The van der Waals surface area contributed by atoms with Gasteiger partial charge in [-0.3, -0.25) is 9.59 Å². The Morgan fingerprint density at radius 2 is 2.19 bits per heavy atom. The van der Waals surface area contributed by atoms with Crippen LogP contribution in [0, 0.1) is 0 Å². The standard InChI is InChI=1S/C16H20N2O3/c1-16(21)7-2-8-18(10-16)15(20)12-3-5-13-11(9-12)4-6-14(19)17-13/h3,5,9,21H,2,4,6-8,10H2,1H3,(H,17,19). The van der Waals surface area contributed by atoms with Crippen LogP contribution >= 0.6 is 0 Å². The molecule has 112 valence electrons. The fourth-order valence-electron chi connectivity index (χ4n) is 3.09. The summed E-state index contributed by atoms with van der Waals surface area (Å²) >= 11 is 0. The minimum absolute atomic E-state index is 0.0219. The summed E-state index contributed by atoms with van der Waals surface area (Å²) in [6.07, 6.45) is 2.68. The number of likely N-dealkylation sites (tertiary alicyclic amines) is 1. The zero-order valence-corrected chi connectivity index (χ0v) is 12.2. The van der Waals surface area contributed by atoms with Crippen LogP contribution in [0.5, 0.6) is 0 Å². The second-order valence-electron chi connectivity index (χ2n) is 6.25. The monoisotopic (exact) mass is 288 g/mol. The van der Waals surface area contributed by atoms with Crippen molar-refractivity contribution in [2.75, 3.05) is 18.4 Å². The number of aryl methyl sites for hydroxylation is 1. The third-order valence-electron chi connectivity index (χ3n) is 4.21. The summed E-state index contributed by atoms with van der Waals surface area (Å²) < 4.78 is 0. The number of amides is 2. The van der Waals surface area contributed by atoms with E-state index in [1.807, 2.05) is 6.07 Å². The SMILES string of the molecule is CC1(O)CCCN(C(=O)c2ccc3c(c2)CCC(=O)N3)C1. The van der Waals surface area contributed by atoms with Crippen molar-refractivity contribution in [2.24, 2.45) is 0 Å². The van der Waals surface area contributed by atoms with E-state index in [2.05, 4.69) is 5.32 Å². The van der Waals surface area contributed by atoms with Gasteiger partial charge in [0.15, 0.2) is 0 Å². The van der Waals surface area contributed by atoms with E-state index in [0.29, 0.717) is 31.5 Å². The number of anilines is 1. The van der Waals surface area contributed by atoms with Crippen molar-refractivity contribution in [1.29, 1.82) is 0 Å². The zero-order valence-electron chi connectivity index (χ0n) is 12.2. The Morgan fingerprint density at radius 3 is 2.95 bits per heavy atom. The molecule has 1 aromatic carbocycles. The smallest absolute Gasteiger partial charge is 0.253 e. The highest BCUT2D eigenvalue weighted by Gasteiger charge is 2.31. The molecule has 1 saturated heterocycles. The highest BCUT2D eigenvalue weighted by atomic mass is 16.3. The molecule has 5 heteroatoms. The van der Waals surface area contributed by atoms with Gasteiger partial charge in [0.1, 0.15) is 0 Å². The van der Waals surface area contributed by atoms with Gasteiger partial charge < -0.3 is 15.3 Å². The number of aliphatic hydroxyl groups is 1. The van der Waals surface area contributed by atoms with E-state index in [1.165, 1.54) is 0 Å². The number of nitrogens with zero attached hydrogens (tertiary/aromatic N) is 1. The Balaban J connectivity index is 1.80. The molecule has 0 aromatic heterocycles. The fourth-order valence-corrected chi connectivity index (χ4v) is 3.09. The first-order valence-corrected chi connectivity index (χ1v) is 7.39. The van der Waals surface area contributed by atoms with Gasteiger partial charge in [-0.25, -0.2) is 0 Å². The second kappa shape index (κ2) is 5.15. The number of piperidine rings is 1. The molecule has 0 radical (unpaired) electrons. The third-order valence-corrected chi connectivity index (χ3v) is 4.21. The quantitative estimate of drug-likeness (QED) is 0.824. The molecular formula is C16H20N2O3. The molecule has 1 fully saturated rings. The van der Waals surface area contributed by atoms with Crippen molar-refractivity contribution in [3.63, 3.8) is 0 Å². The van der Waals surface area contributed by atoms with Crippen LogP contribution in [0.15, 0.2) is 18.2 Å². The molecule has 0 saturated carbocycles. The lowest BCUT2D eigenvalue weighted by Crippen LogP contribution is -2.48. The molecule has 3 rings (SSSR count). The average molecular weight is 288 g/mol. The second-order valence-corrected chi connectivity index (χ2v) is 6.25. The Kier molecular flexibility index (Phi) is 3.45. The predicted molar refractivity (Wildman–Crippen MR) is 79.2 cm³/mol. The average Bonchev–Trinajstić information content (AvgIpc) is 2.45. The maximum Gasteiger partial charge on any atom is 0.253 e. The molecule has 2 N–H and O–H groups in total. The van der Waals surface area contributed by atoms with Crippen LogP contribution in [0.4, 0.5) is 5.69 Å². The summed E-state index contributed by atoms with van der Waals surface area (Å²) in [5.74, 6) is -0.0247. The molecule has 2 amide bonds. The molecule has 2 heterocycles. The molecule has 0 spiro atoms. The number of benzene rings is 1. The number of carbonyl (C=O) groups excluding carboxylic acids is 2. The maximum absolute atomic E-state index is 12.6. The van der Waals surface area contributed by atoms with E-state index in [9.17, 15) is 14.7 Å². The first-order chi connectivity index (χ1) is 9.94. The van der Waals surface area contributed by atoms with Crippen LogP contribution in [0.2, 0.25) is 0 Å². The fraction of sp³-hybridized carbons (Fsp3) is 0.500. The molecule has 0 bridgehead atoms. The van der Waals surface area contributed by atoms with E-state index in [0.717, 1.165) is 24.1 Å². The number of rotatable bonds is 1. The molecule has 2 aliphatic rings. The van der Waals surface area contributed by atoms with Crippen molar-refractivity contribution in [3.05, 3.63) is 29.3 Å². The number of β-amino-alcohol motifs (C(OH)–C–C–N with tert-alkyl or cyclic N) is 1. The van der Waals surface area contributed by atoms with E-state index in [-0.39, 0.29) is 11.8 Å². The van der Waals surface area contributed by atoms with Crippen LogP contribution in [-0.2, 0) is 11.2 Å². The lowest BCUT2D eigenvalue weighted by atomic mass is 9.94. The summed E-state index contributed by atoms with van der Waals surface area (Å²) in [4.78, 5) is 25.6. The predicted octanol–water partition coefficient (Wildman–Crippen LogP) is 1.56. The van der Waals surface area contributed by atoms with Gasteiger partial charge in [0.2, 0.25) is 5.91 Å². The summed E-state index contributed by atoms with van der Waals surface area (Å²) in [6, 6.07) is 5.40. The molecule has 1 atom stereocenters. The minimum Gasteiger partial charge on any atom is -0.388 e. The Bertz CT molecular complexity index is 595. The van der Waals surface area contributed by atoms with Gasteiger partial charge in [-0.05, 0) is 49.9 Å². The molecule has 1 unspecified atom stereocenters. The van der Waals surface area contributed by atoms with Gasteiger partial charge in [0.25, 0.3) is 5.91 Å². The Morgan fingerprint density at radius 1 is 1.38 bits per heavy atom. The van der Waals surface area contributed by atoms with Crippen LogP contribution in [0.1, 0.15) is 42.1 Å². The highest BCUT2D eigenvalue weighted by molar-refractivity contribution is 5.98. The molecule has 5 nitrogen and oxygen atoms in total. The van der Waals surface area contributed by atoms with Gasteiger partial charge in [0, 0.05) is 30.8 Å². The molecular weight excluding hydrogens is 268 g/mol. The number of hydrogen-bond acceptors (Lipinski definition) is 3. The highest BCUT2D eigenvalue weighted by Crippen LogP contribution is 2.26. The number of carbonyl (C=O) groups is 2. The van der Waals surface area contributed by atoms with E-state index < -0.39 is 5.60 Å². The Hall–Kier alpha value is -1.88.